The molecule has 1 heterocycles. The van der Waals surface area contributed by atoms with Crippen LogP contribution >= 0.6 is 11.3 Å². The number of benzene rings is 1. The van der Waals surface area contributed by atoms with Gasteiger partial charge in [0.05, 0.1) is 0 Å². The lowest BCUT2D eigenvalue weighted by molar-refractivity contribution is 0.102. The minimum atomic E-state index is -0.217. The molecule has 0 aliphatic rings. The number of aryl methyl sites for hydroxylation is 1. The summed E-state index contributed by atoms with van der Waals surface area (Å²) in [5, 5.41) is 11.7. The van der Waals surface area contributed by atoms with Crippen molar-refractivity contribution in [2.45, 2.75) is 13.8 Å². The topological polar surface area (TPSA) is 80.9 Å². The van der Waals surface area contributed by atoms with Crippen molar-refractivity contribution in [3.63, 3.8) is 0 Å². The normalized spacial score (nSPS) is 10.2. The molecule has 2 rings (SSSR count). The molecule has 6 heteroatoms. The molecule has 2 aromatic rings. The molecule has 1 amide bonds. The van der Waals surface area contributed by atoms with E-state index in [-0.39, 0.29) is 5.91 Å². The fraction of sp³-hybridized carbons (Fsp3) is 0.182. The molecule has 0 saturated carbocycles. The zero-order chi connectivity index (χ0) is 12.4. The molecule has 0 fully saturated rings. The predicted octanol–water partition coefficient (Wildman–Crippen LogP) is 1.99. The molecule has 0 bridgehead atoms. The van der Waals surface area contributed by atoms with Crippen LogP contribution in [0.2, 0.25) is 0 Å². The minimum absolute atomic E-state index is 0.217. The maximum atomic E-state index is 12.0. The number of rotatable bonds is 2. The number of carbonyl (C=O) groups is 1. The van der Waals surface area contributed by atoms with Gasteiger partial charge in [0, 0.05) is 11.3 Å². The average molecular weight is 248 g/mol. The van der Waals surface area contributed by atoms with Gasteiger partial charge >= 0.3 is 0 Å². The maximum absolute atomic E-state index is 12.0. The number of amides is 1. The molecule has 0 radical (unpaired) electrons. The fourth-order valence-electron chi connectivity index (χ4n) is 1.41. The van der Waals surface area contributed by atoms with E-state index >= 15 is 0 Å². The summed E-state index contributed by atoms with van der Waals surface area (Å²) in [4.78, 5) is 12.0. The number of anilines is 2. The number of aromatic nitrogens is 2. The van der Waals surface area contributed by atoms with E-state index in [1.807, 2.05) is 13.8 Å². The molecule has 0 saturated heterocycles. The van der Waals surface area contributed by atoms with Gasteiger partial charge in [-0.05, 0) is 31.5 Å². The largest absolute Gasteiger partial charge is 0.398 e. The zero-order valence-corrected chi connectivity index (χ0v) is 10.3. The van der Waals surface area contributed by atoms with Crippen LogP contribution < -0.4 is 11.1 Å². The Morgan fingerprint density at radius 3 is 2.76 bits per heavy atom. The summed E-state index contributed by atoms with van der Waals surface area (Å²) in [6.45, 7) is 3.65. The quantitative estimate of drug-likeness (QED) is 0.796. The molecule has 17 heavy (non-hydrogen) atoms. The average Bonchev–Trinajstić information content (AvgIpc) is 2.68. The second-order valence-electron chi connectivity index (χ2n) is 3.60. The van der Waals surface area contributed by atoms with Crippen molar-refractivity contribution in [1.29, 1.82) is 0 Å². The standard InChI is InChI=1S/C11H12N4OS/c1-6-8(4-3-5-9(6)12)10(16)13-11-15-14-7(2)17-11/h3-5H,12H2,1-2H3,(H,13,15,16). The second kappa shape index (κ2) is 4.50. The van der Waals surface area contributed by atoms with Gasteiger partial charge in [-0.15, -0.1) is 10.2 Å². The van der Waals surface area contributed by atoms with Gasteiger partial charge in [-0.1, -0.05) is 17.4 Å². The lowest BCUT2D eigenvalue weighted by atomic mass is 10.1. The molecule has 0 spiro atoms. The van der Waals surface area contributed by atoms with E-state index in [0.29, 0.717) is 16.4 Å². The predicted molar refractivity (Wildman–Crippen MR) is 68.2 cm³/mol. The second-order valence-corrected chi connectivity index (χ2v) is 4.78. The van der Waals surface area contributed by atoms with E-state index in [2.05, 4.69) is 15.5 Å². The van der Waals surface area contributed by atoms with Crippen LogP contribution in [0.1, 0.15) is 20.9 Å². The van der Waals surface area contributed by atoms with Gasteiger partial charge in [-0.2, -0.15) is 0 Å². The molecule has 0 atom stereocenters. The van der Waals surface area contributed by atoms with E-state index in [9.17, 15) is 4.79 Å². The first-order valence-corrected chi connectivity index (χ1v) is 5.86. The van der Waals surface area contributed by atoms with Crippen LogP contribution in [0.15, 0.2) is 18.2 Å². The van der Waals surface area contributed by atoms with Crippen LogP contribution in [-0.4, -0.2) is 16.1 Å². The summed E-state index contributed by atoms with van der Waals surface area (Å²) in [7, 11) is 0. The Balaban J connectivity index is 2.23. The highest BCUT2D eigenvalue weighted by Gasteiger charge is 2.12. The number of nitrogens with two attached hydrogens (primary N) is 1. The summed E-state index contributed by atoms with van der Waals surface area (Å²) in [5.41, 5.74) is 7.68. The highest BCUT2D eigenvalue weighted by atomic mass is 32.1. The first-order valence-electron chi connectivity index (χ1n) is 5.04. The van der Waals surface area contributed by atoms with Crippen LogP contribution in [0.4, 0.5) is 10.8 Å². The monoisotopic (exact) mass is 248 g/mol. The van der Waals surface area contributed by atoms with Crippen molar-refractivity contribution in [2.24, 2.45) is 0 Å². The highest BCUT2D eigenvalue weighted by molar-refractivity contribution is 7.15. The van der Waals surface area contributed by atoms with Crippen molar-refractivity contribution in [3.8, 4) is 0 Å². The van der Waals surface area contributed by atoms with Gasteiger partial charge in [0.15, 0.2) is 0 Å². The van der Waals surface area contributed by atoms with Crippen molar-refractivity contribution >= 4 is 28.1 Å². The summed E-state index contributed by atoms with van der Waals surface area (Å²) < 4.78 is 0. The smallest absolute Gasteiger partial charge is 0.257 e. The van der Waals surface area contributed by atoms with Gasteiger partial charge in [0.25, 0.3) is 5.91 Å². The summed E-state index contributed by atoms with van der Waals surface area (Å²) in [5.74, 6) is -0.217. The summed E-state index contributed by atoms with van der Waals surface area (Å²) in [6.07, 6.45) is 0. The zero-order valence-electron chi connectivity index (χ0n) is 9.52. The van der Waals surface area contributed by atoms with Crippen molar-refractivity contribution in [1.82, 2.24) is 10.2 Å². The number of hydrogen-bond acceptors (Lipinski definition) is 5. The van der Waals surface area contributed by atoms with Gasteiger partial charge in [0.2, 0.25) is 5.13 Å². The molecule has 0 unspecified atom stereocenters. The molecular weight excluding hydrogens is 236 g/mol. The Morgan fingerprint density at radius 2 is 2.12 bits per heavy atom. The van der Waals surface area contributed by atoms with Gasteiger partial charge in [0.1, 0.15) is 5.01 Å². The van der Waals surface area contributed by atoms with E-state index in [4.69, 9.17) is 5.73 Å². The van der Waals surface area contributed by atoms with Gasteiger partial charge in [-0.3, -0.25) is 10.1 Å². The van der Waals surface area contributed by atoms with Crippen LogP contribution in [0, 0.1) is 13.8 Å². The third-order valence-electron chi connectivity index (χ3n) is 2.37. The van der Waals surface area contributed by atoms with Gasteiger partial charge in [-0.25, -0.2) is 0 Å². The highest BCUT2D eigenvalue weighted by Crippen LogP contribution is 2.19. The maximum Gasteiger partial charge on any atom is 0.257 e. The molecule has 3 N–H and O–H groups in total. The summed E-state index contributed by atoms with van der Waals surface area (Å²) in [6, 6.07) is 5.25. The molecular formula is C11H12N4OS. The Hall–Kier alpha value is -1.95. The Labute approximate surface area is 103 Å². The van der Waals surface area contributed by atoms with E-state index < -0.39 is 0 Å². The van der Waals surface area contributed by atoms with Crippen LogP contribution in [0.25, 0.3) is 0 Å². The third-order valence-corrected chi connectivity index (χ3v) is 3.12. The minimum Gasteiger partial charge on any atom is -0.398 e. The number of hydrogen-bond donors (Lipinski definition) is 2. The van der Waals surface area contributed by atoms with E-state index in [0.717, 1.165) is 10.6 Å². The van der Waals surface area contributed by atoms with Crippen LogP contribution in [-0.2, 0) is 0 Å². The van der Waals surface area contributed by atoms with Crippen LogP contribution in [0.5, 0.6) is 0 Å². The third kappa shape index (κ3) is 2.42. The number of nitrogens with zero attached hydrogens (tertiary/aromatic N) is 2. The van der Waals surface area contributed by atoms with Crippen LogP contribution in [0.3, 0.4) is 0 Å². The van der Waals surface area contributed by atoms with E-state index in [1.165, 1.54) is 11.3 Å². The first-order chi connectivity index (χ1) is 8.08. The van der Waals surface area contributed by atoms with E-state index in [1.54, 1.807) is 18.2 Å². The molecule has 0 aliphatic heterocycles. The Bertz CT molecular complexity index is 564. The Kier molecular flexibility index (Phi) is 3.06. The lowest BCUT2D eigenvalue weighted by Crippen LogP contribution is -2.14. The van der Waals surface area contributed by atoms with Gasteiger partial charge < -0.3 is 5.73 Å². The molecule has 1 aromatic carbocycles. The first kappa shape index (κ1) is 11.5. The number of carbonyl (C=O) groups excluding carboxylic acids is 1. The molecule has 0 aliphatic carbocycles. The fourth-order valence-corrected chi connectivity index (χ4v) is 2.00. The van der Waals surface area contributed by atoms with Crippen molar-refractivity contribution in [2.75, 3.05) is 11.1 Å². The van der Waals surface area contributed by atoms with Crippen molar-refractivity contribution in [3.05, 3.63) is 34.3 Å². The number of nitrogens with one attached hydrogen (secondary N) is 1. The lowest BCUT2D eigenvalue weighted by Gasteiger charge is -2.06. The number of nitrogen functional groups attached to an aromatic ring is 1. The summed E-state index contributed by atoms with van der Waals surface area (Å²) >= 11 is 1.34. The van der Waals surface area contributed by atoms with Crippen molar-refractivity contribution < 1.29 is 4.79 Å². The Morgan fingerprint density at radius 1 is 1.35 bits per heavy atom. The molecule has 1 aromatic heterocycles. The molecule has 5 nitrogen and oxygen atoms in total. The molecule has 88 valence electrons. The SMILES string of the molecule is Cc1nnc(NC(=O)c2cccc(N)c2C)s1.